The smallest absolute Gasteiger partial charge is 0.252 e. The minimum Gasteiger partial charge on any atom is -0.383 e. The molecular formula is C20H25N9O. The van der Waals surface area contributed by atoms with Crippen LogP contribution in [0.4, 0.5) is 17.6 Å². The Morgan fingerprint density at radius 1 is 1.00 bits per heavy atom. The minimum atomic E-state index is -0.626. The van der Waals surface area contributed by atoms with Crippen LogP contribution < -0.4 is 21.3 Å². The van der Waals surface area contributed by atoms with Crippen molar-refractivity contribution in [3.63, 3.8) is 0 Å². The second-order valence-corrected chi connectivity index (χ2v) is 8.30. The predicted octanol–water partition coefficient (Wildman–Crippen LogP) is 1.12. The molecule has 3 aromatic rings. The number of aromatic nitrogens is 5. The van der Waals surface area contributed by atoms with Crippen LogP contribution in [-0.2, 0) is 5.41 Å². The van der Waals surface area contributed by atoms with Gasteiger partial charge < -0.3 is 21.3 Å². The first-order chi connectivity index (χ1) is 14.2. The van der Waals surface area contributed by atoms with Gasteiger partial charge in [0.15, 0.2) is 5.65 Å². The Bertz CT molecular complexity index is 1090. The normalized spacial score (nSPS) is 14.9. The molecule has 0 unspecified atom stereocenters. The molecule has 0 atom stereocenters. The highest BCUT2D eigenvalue weighted by atomic mass is 16.1. The van der Waals surface area contributed by atoms with Crippen LogP contribution in [0.1, 0.15) is 37.0 Å². The number of fused-ring (bicyclic) bond motifs is 1. The van der Waals surface area contributed by atoms with Crippen molar-refractivity contribution in [2.45, 2.75) is 26.2 Å². The van der Waals surface area contributed by atoms with Crippen molar-refractivity contribution in [1.29, 1.82) is 0 Å². The SMILES string of the molecule is CC(C)(C)c1nc(N2CCN(c3ncccn3)CC2)c2cc(C(N)=O)c(N)nc2n1. The molecule has 10 nitrogen and oxygen atoms in total. The van der Waals surface area contributed by atoms with Gasteiger partial charge in [-0.25, -0.2) is 24.9 Å². The lowest BCUT2D eigenvalue weighted by atomic mass is 9.95. The van der Waals surface area contributed by atoms with Crippen LogP contribution in [-0.4, -0.2) is 57.0 Å². The van der Waals surface area contributed by atoms with Crippen LogP contribution >= 0.6 is 0 Å². The van der Waals surface area contributed by atoms with Crippen molar-refractivity contribution >= 4 is 34.5 Å². The zero-order valence-corrected chi connectivity index (χ0v) is 17.3. The van der Waals surface area contributed by atoms with Crippen LogP contribution in [0.3, 0.4) is 0 Å². The maximum Gasteiger partial charge on any atom is 0.252 e. The van der Waals surface area contributed by atoms with Gasteiger partial charge in [-0.1, -0.05) is 20.8 Å². The average molecular weight is 407 g/mol. The van der Waals surface area contributed by atoms with Gasteiger partial charge in [-0.05, 0) is 12.1 Å². The molecule has 0 bridgehead atoms. The first-order valence-corrected chi connectivity index (χ1v) is 9.79. The topological polar surface area (TPSA) is 140 Å². The molecule has 0 spiro atoms. The zero-order valence-electron chi connectivity index (χ0n) is 17.3. The summed E-state index contributed by atoms with van der Waals surface area (Å²) in [7, 11) is 0. The summed E-state index contributed by atoms with van der Waals surface area (Å²) < 4.78 is 0. The summed E-state index contributed by atoms with van der Waals surface area (Å²) in [5, 5.41) is 0.662. The van der Waals surface area contributed by atoms with Crippen LogP contribution in [0, 0.1) is 0 Å². The number of nitrogens with two attached hydrogens (primary N) is 2. The molecule has 156 valence electrons. The first kappa shape index (κ1) is 19.7. The molecule has 4 heterocycles. The standard InChI is InChI=1S/C20H25N9O/c1-20(2,3)18-26-16-13(11-12(15(22)30)14(21)25-16)17(27-18)28-7-9-29(10-8-28)19-23-5-4-6-24-19/h4-6,11H,7-10H2,1-3H3,(H2,22,30)(H2,21,25,26,27). The first-order valence-electron chi connectivity index (χ1n) is 9.79. The fraction of sp³-hybridized carbons (Fsp3) is 0.400. The van der Waals surface area contributed by atoms with E-state index in [1.807, 2.05) is 20.8 Å². The summed E-state index contributed by atoms with van der Waals surface area (Å²) in [5.74, 6) is 1.56. The second kappa shape index (κ2) is 7.36. The van der Waals surface area contributed by atoms with E-state index < -0.39 is 5.91 Å². The number of anilines is 3. The van der Waals surface area contributed by atoms with Gasteiger partial charge in [-0.2, -0.15) is 0 Å². The van der Waals surface area contributed by atoms with Crippen molar-refractivity contribution in [2.24, 2.45) is 5.73 Å². The van der Waals surface area contributed by atoms with Gasteiger partial charge in [0, 0.05) is 44.0 Å². The highest BCUT2D eigenvalue weighted by Crippen LogP contribution is 2.30. The molecule has 10 heteroatoms. The van der Waals surface area contributed by atoms with E-state index in [0.717, 1.165) is 18.9 Å². The van der Waals surface area contributed by atoms with E-state index >= 15 is 0 Å². The molecule has 4 rings (SSSR count). The number of hydrogen-bond acceptors (Lipinski definition) is 9. The highest BCUT2D eigenvalue weighted by molar-refractivity contribution is 6.02. The summed E-state index contributed by atoms with van der Waals surface area (Å²) >= 11 is 0. The molecule has 1 aliphatic heterocycles. The van der Waals surface area contributed by atoms with Crippen molar-refractivity contribution in [2.75, 3.05) is 41.7 Å². The zero-order chi connectivity index (χ0) is 21.5. The summed E-state index contributed by atoms with van der Waals surface area (Å²) in [4.78, 5) is 38.6. The van der Waals surface area contributed by atoms with Gasteiger partial charge in [0.25, 0.3) is 5.91 Å². The number of amides is 1. The van der Waals surface area contributed by atoms with Gasteiger partial charge in [0.1, 0.15) is 17.5 Å². The lowest BCUT2D eigenvalue weighted by molar-refractivity contribution is 0.100. The van der Waals surface area contributed by atoms with Crippen LogP contribution in [0.2, 0.25) is 0 Å². The molecular weight excluding hydrogens is 382 g/mol. The molecule has 3 aromatic heterocycles. The van der Waals surface area contributed by atoms with E-state index in [0.29, 0.717) is 35.9 Å². The molecule has 4 N–H and O–H groups in total. The molecule has 0 saturated carbocycles. The lowest BCUT2D eigenvalue weighted by Crippen LogP contribution is -2.47. The number of rotatable bonds is 3. The van der Waals surface area contributed by atoms with E-state index in [4.69, 9.17) is 16.5 Å². The van der Waals surface area contributed by atoms with E-state index in [-0.39, 0.29) is 16.8 Å². The quantitative estimate of drug-likeness (QED) is 0.653. The van der Waals surface area contributed by atoms with Gasteiger partial charge in [-0.3, -0.25) is 4.79 Å². The van der Waals surface area contributed by atoms with Crippen LogP contribution in [0.5, 0.6) is 0 Å². The third-order valence-corrected chi connectivity index (χ3v) is 5.05. The number of nitrogens with zero attached hydrogens (tertiary/aromatic N) is 7. The molecule has 0 aliphatic carbocycles. The molecule has 0 aromatic carbocycles. The van der Waals surface area contributed by atoms with Gasteiger partial charge in [0.2, 0.25) is 5.95 Å². The van der Waals surface area contributed by atoms with Crippen molar-refractivity contribution in [3.8, 4) is 0 Å². The molecule has 1 fully saturated rings. The third-order valence-electron chi connectivity index (χ3n) is 5.05. The Hall–Kier alpha value is -3.56. The number of nitrogen functional groups attached to an aromatic ring is 1. The van der Waals surface area contributed by atoms with E-state index in [2.05, 4.69) is 29.7 Å². The second-order valence-electron chi connectivity index (χ2n) is 8.30. The number of pyridine rings is 1. The maximum absolute atomic E-state index is 11.8. The summed E-state index contributed by atoms with van der Waals surface area (Å²) in [6.45, 7) is 9.04. The Morgan fingerprint density at radius 2 is 1.63 bits per heavy atom. The largest absolute Gasteiger partial charge is 0.383 e. The predicted molar refractivity (Wildman–Crippen MR) is 115 cm³/mol. The van der Waals surface area contributed by atoms with Crippen molar-refractivity contribution in [1.82, 2.24) is 24.9 Å². The van der Waals surface area contributed by atoms with Crippen molar-refractivity contribution in [3.05, 3.63) is 35.9 Å². The molecule has 1 saturated heterocycles. The van der Waals surface area contributed by atoms with Gasteiger partial charge >= 0.3 is 0 Å². The Balaban J connectivity index is 1.75. The molecule has 30 heavy (non-hydrogen) atoms. The Kier molecular flexibility index (Phi) is 4.84. The summed E-state index contributed by atoms with van der Waals surface area (Å²) in [6, 6.07) is 3.45. The van der Waals surface area contributed by atoms with Crippen LogP contribution in [0.25, 0.3) is 11.0 Å². The maximum atomic E-state index is 11.8. The Labute approximate surface area is 174 Å². The molecule has 1 amide bonds. The monoisotopic (exact) mass is 407 g/mol. The van der Waals surface area contributed by atoms with Gasteiger partial charge in [-0.15, -0.1) is 0 Å². The fourth-order valence-corrected chi connectivity index (χ4v) is 3.40. The summed E-state index contributed by atoms with van der Waals surface area (Å²) in [6.07, 6.45) is 3.48. The van der Waals surface area contributed by atoms with Crippen molar-refractivity contribution < 1.29 is 4.79 Å². The number of primary amides is 1. The number of hydrogen-bond donors (Lipinski definition) is 2. The van der Waals surface area contributed by atoms with Gasteiger partial charge in [0.05, 0.1) is 10.9 Å². The fourth-order valence-electron chi connectivity index (χ4n) is 3.40. The molecule has 1 aliphatic rings. The molecule has 0 radical (unpaired) electrons. The van der Waals surface area contributed by atoms with E-state index in [1.165, 1.54) is 0 Å². The van der Waals surface area contributed by atoms with Crippen LogP contribution in [0.15, 0.2) is 24.5 Å². The highest BCUT2D eigenvalue weighted by Gasteiger charge is 2.26. The van der Waals surface area contributed by atoms with E-state index in [9.17, 15) is 4.79 Å². The minimum absolute atomic E-state index is 0.0746. The van der Waals surface area contributed by atoms with E-state index in [1.54, 1.807) is 24.5 Å². The summed E-state index contributed by atoms with van der Waals surface area (Å²) in [5.41, 5.74) is 11.8. The lowest BCUT2D eigenvalue weighted by Gasteiger charge is -2.36. The third kappa shape index (κ3) is 3.68. The average Bonchev–Trinajstić information content (AvgIpc) is 2.72. The Morgan fingerprint density at radius 3 is 2.23 bits per heavy atom. The number of carbonyl (C=O) groups is 1. The number of carbonyl (C=O) groups excluding carboxylic acids is 1. The number of piperazine rings is 1.